The van der Waals surface area contributed by atoms with Crippen LogP contribution >= 0.6 is 0 Å². The van der Waals surface area contributed by atoms with Crippen LogP contribution < -0.4 is 10.6 Å². The number of nitrogens with zero attached hydrogens (tertiary/aromatic N) is 1. The van der Waals surface area contributed by atoms with Crippen molar-refractivity contribution in [2.45, 2.75) is 6.92 Å². The maximum absolute atomic E-state index is 12.2. The Morgan fingerprint density at radius 3 is 2.67 bits per heavy atom. The number of rotatable bonds is 2. The van der Waals surface area contributed by atoms with Gasteiger partial charge in [-0.25, -0.2) is 0 Å². The minimum atomic E-state index is -0.137. The molecule has 1 heterocycles. The number of nitrogens with one attached hydrogen (secondary N) is 2. The molecule has 5 heteroatoms. The van der Waals surface area contributed by atoms with Gasteiger partial charge in [0.2, 0.25) is 5.91 Å². The summed E-state index contributed by atoms with van der Waals surface area (Å²) in [6, 6.07) is 7.04. The summed E-state index contributed by atoms with van der Waals surface area (Å²) in [5.74, 6) is -0.120. The van der Waals surface area contributed by atoms with Crippen molar-refractivity contribution in [3.8, 4) is 0 Å². The van der Waals surface area contributed by atoms with Crippen molar-refractivity contribution in [2.24, 2.45) is 0 Å². The fourth-order valence-electron chi connectivity index (χ4n) is 1.98. The molecular formula is C13H17N3O2. The average molecular weight is 247 g/mol. The molecule has 18 heavy (non-hydrogen) atoms. The number of carbonyl (C=O) groups excluding carboxylic acids is 2. The van der Waals surface area contributed by atoms with Gasteiger partial charge in [-0.1, -0.05) is 6.07 Å². The van der Waals surface area contributed by atoms with E-state index in [-0.39, 0.29) is 11.8 Å². The van der Waals surface area contributed by atoms with E-state index in [1.807, 2.05) is 4.90 Å². The van der Waals surface area contributed by atoms with Gasteiger partial charge in [0.25, 0.3) is 5.91 Å². The van der Waals surface area contributed by atoms with Crippen LogP contribution in [0.15, 0.2) is 24.3 Å². The molecule has 0 spiro atoms. The van der Waals surface area contributed by atoms with Crippen molar-refractivity contribution in [3.05, 3.63) is 29.8 Å². The van der Waals surface area contributed by atoms with Crippen LogP contribution in [0.5, 0.6) is 0 Å². The van der Waals surface area contributed by atoms with Gasteiger partial charge in [0.1, 0.15) is 0 Å². The summed E-state index contributed by atoms with van der Waals surface area (Å²) >= 11 is 0. The van der Waals surface area contributed by atoms with Crippen molar-refractivity contribution in [1.29, 1.82) is 0 Å². The van der Waals surface area contributed by atoms with Gasteiger partial charge in [0.15, 0.2) is 0 Å². The second-order valence-electron chi connectivity index (χ2n) is 4.30. The van der Waals surface area contributed by atoms with Gasteiger partial charge >= 0.3 is 0 Å². The molecule has 1 saturated heterocycles. The number of benzene rings is 1. The quantitative estimate of drug-likeness (QED) is 0.808. The first kappa shape index (κ1) is 12.6. The lowest BCUT2D eigenvalue weighted by Crippen LogP contribution is -2.46. The summed E-state index contributed by atoms with van der Waals surface area (Å²) in [5, 5.41) is 5.89. The summed E-state index contributed by atoms with van der Waals surface area (Å²) in [4.78, 5) is 25.0. The van der Waals surface area contributed by atoms with Crippen LogP contribution in [0.1, 0.15) is 17.3 Å². The Labute approximate surface area is 106 Å². The van der Waals surface area contributed by atoms with E-state index in [1.54, 1.807) is 24.3 Å². The first-order valence-electron chi connectivity index (χ1n) is 6.04. The second-order valence-corrected chi connectivity index (χ2v) is 4.30. The summed E-state index contributed by atoms with van der Waals surface area (Å²) in [5.41, 5.74) is 1.27. The molecule has 1 aromatic rings. The van der Waals surface area contributed by atoms with Gasteiger partial charge in [-0.15, -0.1) is 0 Å². The lowest BCUT2D eigenvalue weighted by molar-refractivity contribution is -0.114. The molecule has 2 N–H and O–H groups in total. The molecule has 0 aliphatic carbocycles. The van der Waals surface area contributed by atoms with Crippen molar-refractivity contribution < 1.29 is 9.59 Å². The minimum Gasteiger partial charge on any atom is -0.336 e. The van der Waals surface area contributed by atoms with Crippen LogP contribution in [0.25, 0.3) is 0 Å². The third-order valence-corrected chi connectivity index (χ3v) is 2.83. The van der Waals surface area contributed by atoms with E-state index in [9.17, 15) is 9.59 Å². The highest BCUT2D eigenvalue weighted by atomic mass is 16.2. The number of amides is 2. The van der Waals surface area contributed by atoms with E-state index in [2.05, 4.69) is 10.6 Å². The molecule has 0 bridgehead atoms. The Bertz CT molecular complexity index is 453. The lowest BCUT2D eigenvalue weighted by Gasteiger charge is -2.27. The topological polar surface area (TPSA) is 61.4 Å². The maximum atomic E-state index is 12.2. The predicted molar refractivity (Wildman–Crippen MR) is 69.5 cm³/mol. The smallest absolute Gasteiger partial charge is 0.254 e. The molecule has 0 atom stereocenters. The van der Waals surface area contributed by atoms with Crippen molar-refractivity contribution in [3.63, 3.8) is 0 Å². The fraction of sp³-hybridized carbons (Fsp3) is 0.385. The first-order chi connectivity index (χ1) is 8.66. The van der Waals surface area contributed by atoms with Crippen LogP contribution in [0.4, 0.5) is 5.69 Å². The van der Waals surface area contributed by atoms with Crippen molar-refractivity contribution in [1.82, 2.24) is 10.2 Å². The highest BCUT2D eigenvalue weighted by Gasteiger charge is 2.17. The van der Waals surface area contributed by atoms with Gasteiger partial charge in [-0.05, 0) is 18.2 Å². The molecule has 5 nitrogen and oxygen atoms in total. The molecule has 1 aromatic carbocycles. The van der Waals surface area contributed by atoms with E-state index in [0.717, 1.165) is 26.2 Å². The Morgan fingerprint density at radius 2 is 2.00 bits per heavy atom. The van der Waals surface area contributed by atoms with E-state index in [1.165, 1.54) is 6.92 Å². The highest BCUT2D eigenvalue weighted by molar-refractivity contribution is 5.96. The zero-order valence-corrected chi connectivity index (χ0v) is 10.4. The van der Waals surface area contributed by atoms with Crippen molar-refractivity contribution >= 4 is 17.5 Å². The zero-order chi connectivity index (χ0) is 13.0. The molecule has 0 unspecified atom stereocenters. The van der Waals surface area contributed by atoms with E-state index in [0.29, 0.717) is 11.3 Å². The van der Waals surface area contributed by atoms with Crippen LogP contribution in [-0.2, 0) is 4.79 Å². The second kappa shape index (κ2) is 5.64. The van der Waals surface area contributed by atoms with Gasteiger partial charge in [-0.3, -0.25) is 9.59 Å². The molecule has 96 valence electrons. The molecule has 2 amide bonds. The largest absolute Gasteiger partial charge is 0.336 e. The Morgan fingerprint density at radius 1 is 1.28 bits per heavy atom. The third kappa shape index (κ3) is 3.07. The highest BCUT2D eigenvalue weighted by Crippen LogP contribution is 2.13. The van der Waals surface area contributed by atoms with Gasteiger partial charge in [0, 0.05) is 44.4 Å². The van der Waals surface area contributed by atoms with Crippen LogP contribution in [-0.4, -0.2) is 42.9 Å². The normalized spacial score (nSPS) is 15.3. The number of anilines is 1. The molecule has 0 saturated carbocycles. The third-order valence-electron chi connectivity index (χ3n) is 2.83. The van der Waals surface area contributed by atoms with E-state index >= 15 is 0 Å². The standard InChI is InChI=1S/C13H17N3O2/c1-10(17)15-12-4-2-3-11(9-12)13(18)16-7-5-14-6-8-16/h2-4,9,14H,5-8H2,1H3,(H,15,17). The molecule has 0 radical (unpaired) electrons. The minimum absolute atomic E-state index is 0.0173. The molecule has 0 aromatic heterocycles. The van der Waals surface area contributed by atoms with Crippen LogP contribution in [0.2, 0.25) is 0 Å². The molecule has 1 aliphatic rings. The number of piperazine rings is 1. The van der Waals surface area contributed by atoms with E-state index < -0.39 is 0 Å². The zero-order valence-electron chi connectivity index (χ0n) is 10.4. The van der Waals surface area contributed by atoms with Crippen LogP contribution in [0, 0.1) is 0 Å². The van der Waals surface area contributed by atoms with Crippen LogP contribution in [0.3, 0.4) is 0 Å². The number of hydrogen-bond donors (Lipinski definition) is 2. The van der Waals surface area contributed by atoms with Crippen molar-refractivity contribution in [2.75, 3.05) is 31.5 Å². The number of carbonyl (C=O) groups is 2. The van der Waals surface area contributed by atoms with Gasteiger partial charge < -0.3 is 15.5 Å². The molecule has 1 fully saturated rings. The monoisotopic (exact) mass is 247 g/mol. The Balaban J connectivity index is 2.11. The Hall–Kier alpha value is -1.88. The fourth-order valence-corrected chi connectivity index (χ4v) is 1.98. The molecule has 2 rings (SSSR count). The summed E-state index contributed by atoms with van der Waals surface area (Å²) in [6.07, 6.45) is 0. The molecular weight excluding hydrogens is 230 g/mol. The summed E-state index contributed by atoms with van der Waals surface area (Å²) in [7, 11) is 0. The number of hydrogen-bond acceptors (Lipinski definition) is 3. The summed E-state index contributed by atoms with van der Waals surface area (Å²) < 4.78 is 0. The lowest BCUT2D eigenvalue weighted by atomic mass is 10.1. The first-order valence-corrected chi connectivity index (χ1v) is 6.04. The summed E-state index contributed by atoms with van der Waals surface area (Å²) in [6.45, 7) is 4.56. The predicted octanol–water partition coefficient (Wildman–Crippen LogP) is 0.690. The SMILES string of the molecule is CC(=O)Nc1cccc(C(=O)N2CCNCC2)c1. The van der Waals surface area contributed by atoms with Gasteiger partial charge in [0.05, 0.1) is 0 Å². The molecule has 1 aliphatic heterocycles. The Kier molecular flexibility index (Phi) is 3.94. The average Bonchev–Trinajstić information content (AvgIpc) is 2.38. The van der Waals surface area contributed by atoms with E-state index in [4.69, 9.17) is 0 Å². The maximum Gasteiger partial charge on any atom is 0.254 e. The van der Waals surface area contributed by atoms with Gasteiger partial charge in [-0.2, -0.15) is 0 Å².